The molecule has 0 saturated carbocycles. The van der Waals surface area contributed by atoms with Crippen molar-refractivity contribution >= 4 is 6.29 Å². The molecule has 0 fully saturated rings. The summed E-state index contributed by atoms with van der Waals surface area (Å²) >= 11 is 0. The van der Waals surface area contributed by atoms with Crippen LogP contribution >= 0.6 is 0 Å². The van der Waals surface area contributed by atoms with Gasteiger partial charge in [0.1, 0.15) is 0 Å². The zero-order chi connectivity index (χ0) is 12.1. The molecular formula is C14H14N2O. The van der Waals surface area contributed by atoms with Gasteiger partial charge in [0.05, 0.1) is 0 Å². The second-order valence-electron chi connectivity index (χ2n) is 3.79. The molecule has 0 unspecified atom stereocenters. The van der Waals surface area contributed by atoms with Gasteiger partial charge in [-0.3, -0.25) is 4.79 Å². The number of rotatable bonds is 5. The highest BCUT2D eigenvalue weighted by molar-refractivity contribution is 5.69. The molecule has 0 atom stereocenters. The van der Waals surface area contributed by atoms with Gasteiger partial charge in [0.15, 0.2) is 12.1 Å². The highest BCUT2D eigenvalue weighted by Crippen LogP contribution is 2.10. The lowest BCUT2D eigenvalue weighted by molar-refractivity contribution is 0.111. The maximum atomic E-state index is 10.9. The van der Waals surface area contributed by atoms with Gasteiger partial charge in [-0.25, -0.2) is 4.98 Å². The third-order valence-corrected chi connectivity index (χ3v) is 2.61. The maximum Gasteiger partial charge on any atom is 0.185 e. The van der Waals surface area contributed by atoms with Gasteiger partial charge >= 0.3 is 0 Å². The van der Waals surface area contributed by atoms with Crippen LogP contribution in [0.3, 0.4) is 0 Å². The van der Waals surface area contributed by atoms with E-state index in [1.807, 2.05) is 41.0 Å². The number of carbonyl (C=O) groups is 1. The van der Waals surface area contributed by atoms with E-state index in [0.29, 0.717) is 18.8 Å². The largest absolute Gasteiger partial charge is 0.321 e. The standard InChI is InChI=1S/C14H14N2O/c1-2-6-13-9-15-14(11-17)16(13)10-12-7-4-3-5-8-12/h2-5,7-9,11H,1,6,10H2. The van der Waals surface area contributed by atoms with Crippen LogP contribution in [0.2, 0.25) is 0 Å². The predicted octanol–water partition coefficient (Wildman–Crippen LogP) is 2.47. The first-order chi connectivity index (χ1) is 8.35. The molecule has 86 valence electrons. The summed E-state index contributed by atoms with van der Waals surface area (Å²) in [4.78, 5) is 15.0. The minimum absolute atomic E-state index is 0.464. The van der Waals surface area contributed by atoms with Crippen LogP contribution in [-0.2, 0) is 13.0 Å². The van der Waals surface area contributed by atoms with E-state index >= 15 is 0 Å². The molecule has 3 heteroatoms. The van der Waals surface area contributed by atoms with Gasteiger partial charge in [0, 0.05) is 24.9 Å². The summed E-state index contributed by atoms with van der Waals surface area (Å²) in [5.74, 6) is 0.464. The van der Waals surface area contributed by atoms with Gasteiger partial charge in [0.25, 0.3) is 0 Å². The van der Waals surface area contributed by atoms with Crippen LogP contribution in [0.1, 0.15) is 21.9 Å². The molecule has 1 heterocycles. The molecule has 2 aromatic rings. The average Bonchev–Trinajstić information content (AvgIpc) is 2.74. The zero-order valence-electron chi connectivity index (χ0n) is 9.54. The number of imidazole rings is 1. The Morgan fingerprint density at radius 3 is 2.71 bits per heavy atom. The van der Waals surface area contributed by atoms with Crippen molar-refractivity contribution in [1.82, 2.24) is 9.55 Å². The maximum absolute atomic E-state index is 10.9. The summed E-state index contributed by atoms with van der Waals surface area (Å²) in [6.07, 6.45) is 5.05. The molecule has 0 amide bonds. The number of hydrogen-bond acceptors (Lipinski definition) is 2. The Morgan fingerprint density at radius 1 is 1.29 bits per heavy atom. The van der Waals surface area contributed by atoms with E-state index in [1.54, 1.807) is 6.20 Å². The lowest BCUT2D eigenvalue weighted by Crippen LogP contribution is -2.07. The molecular weight excluding hydrogens is 212 g/mol. The lowest BCUT2D eigenvalue weighted by Gasteiger charge is -2.08. The van der Waals surface area contributed by atoms with Crippen molar-refractivity contribution in [2.24, 2.45) is 0 Å². The van der Waals surface area contributed by atoms with Gasteiger partial charge in [-0.15, -0.1) is 6.58 Å². The van der Waals surface area contributed by atoms with E-state index in [-0.39, 0.29) is 0 Å². The molecule has 0 spiro atoms. The van der Waals surface area contributed by atoms with E-state index in [2.05, 4.69) is 11.6 Å². The van der Waals surface area contributed by atoms with Crippen molar-refractivity contribution in [2.45, 2.75) is 13.0 Å². The molecule has 0 aliphatic heterocycles. The van der Waals surface area contributed by atoms with Crippen molar-refractivity contribution < 1.29 is 4.79 Å². The molecule has 17 heavy (non-hydrogen) atoms. The first-order valence-electron chi connectivity index (χ1n) is 5.49. The minimum atomic E-state index is 0.464. The van der Waals surface area contributed by atoms with Crippen LogP contribution in [0.15, 0.2) is 49.2 Å². The second-order valence-corrected chi connectivity index (χ2v) is 3.79. The van der Waals surface area contributed by atoms with Gasteiger partial charge in [-0.1, -0.05) is 36.4 Å². The summed E-state index contributed by atoms with van der Waals surface area (Å²) in [7, 11) is 0. The molecule has 0 bridgehead atoms. The Morgan fingerprint density at radius 2 is 2.06 bits per heavy atom. The zero-order valence-corrected chi connectivity index (χ0v) is 9.54. The second kappa shape index (κ2) is 5.25. The summed E-state index contributed by atoms with van der Waals surface area (Å²) in [6, 6.07) is 10.0. The summed E-state index contributed by atoms with van der Waals surface area (Å²) < 4.78 is 1.92. The van der Waals surface area contributed by atoms with E-state index < -0.39 is 0 Å². The molecule has 0 saturated heterocycles. The highest BCUT2D eigenvalue weighted by atomic mass is 16.1. The number of hydrogen-bond donors (Lipinski definition) is 0. The molecule has 0 N–H and O–H groups in total. The van der Waals surface area contributed by atoms with Crippen LogP contribution in [0.4, 0.5) is 0 Å². The van der Waals surface area contributed by atoms with Crippen molar-refractivity contribution in [3.63, 3.8) is 0 Å². The number of benzene rings is 1. The van der Waals surface area contributed by atoms with Crippen LogP contribution < -0.4 is 0 Å². The van der Waals surface area contributed by atoms with Gasteiger partial charge in [0.2, 0.25) is 0 Å². The van der Waals surface area contributed by atoms with Crippen molar-refractivity contribution in [3.05, 3.63) is 66.3 Å². The van der Waals surface area contributed by atoms with Crippen molar-refractivity contribution in [2.75, 3.05) is 0 Å². The van der Waals surface area contributed by atoms with Gasteiger partial charge < -0.3 is 4.57 Å². The normalized spacial score (nSPS) is 10.1. The van der Waals surface area contributed by atoms with Crippen LogP contribution in [0.5, 0.6) is 0 Å². The molecule has 1 aromatic heterocycles. The number of aromatic nitrogens is 2. The van der Waals surface area contributed by atoms with Crippen LogP contribution in [0, 0.1) is 0 Å². The van der Waals surface area contributed by atoms with Gasteiger partial charge in [-0.05, 0) is 5.56 Å². The van der Waals surface area contributed by atoms with Crippen molar-refractivity contribution in [3.8, 4) is 0 Å². The Kier molecular flexibility index (Phi) is 3.50. The molecule has 2 rings (SSSR count). The fourth-order valence-electron chi connectivity index (χ4n) is 1.78. The molecule has 3 nitrogen and oxygen atoms in total. The topological polar surface area (TPSA) is 34.9 Å². The minimum Gasteiger partial charge on any atom is -0.321 e. The van der Waals surface area contributed by atoms with E-state index in [0.717, 1.165) is 17.5 Å². The van der Waals surface area contributed by atoms with E-state index in [9.17, 15) is 4.79 Å². The third kappa shape index (κ3) is 2.50. The van der Waals surface area contributed by atoms with Gasteiger partial charge in [-0.2, -0.15) is 0 Å². The monoisotopic (exact) mass is 226 g/mol. The molecule has 1 aromatic carbocycles. The number of allylic oxidation sites excluding steroid dienone is 1. The number of nitrogens with zero attached hydrogens (tertiary/aromatic N) is 2. The Hall–Kier alpha value is -2.16. The van der Waals surface area contributed by atoms with Crippen molar-refractivity contribution in [1.29, 1.82) is 0 Å². The highest BCUT2D eigenvalue weighted by Gasteiger charge is 2.08. The Bertz CT molecular complexity index is 514. The summed E-state index contributed by atoms with van der Waals surface area (Å²) in [5.41, 5.74) is 2.16. The quantitative estimate of drug-likeness (QED) is 0.580. The Labute approximate surface area is 100 Å². The first-order valence-corrected chi connectivity index (χ1v) is 5.49. The molecule has 0 radical (unpaired) electrons. The average molecular weight is 226 g/mol. The summed E-state index contributed by atoms with van der Waals surface area (Å²) in [5, 5.41) is 0. The smallest absolute Gasteiger partial charge is 0.185 e. The van der Waals surface area contributed by atoms with E-state index in [4.69, 9.17) is 0 Å². The summed E-state index contributed by atoms with van der Waals surface area (Å²) in [6.45, 7) is 4.37. The van der Waals surface area contributed by atoms with E-state index in [1.165, 1.54) is 0 Å². The SMILES string of the molecule is C=CCc1cnc(C=O)n1Cc1ccccc1. The Balaban J connectivity index is 2.32. The lowest BCUT2D eigenvalue weighted by atomic mass is 10.2. The number of carbonyl (C=O) groups excluding carboxylic acids is 1. The number of aldehydes is 1. The fourth-order valence-corrected chi connectivity index (χ4v) is 1.78. The predicted molar refractivity (Wildman–Crippen MR) is 67.1 cm³/mol. The fraction of sp³-hybridized carbons (Fsp3) is 0.143. The van der Waals surface area contributed by atoms with Crippen LogP contribution in [0.25, 0.3) is 0 Å². The van der Waals surface area contributed by atoms with Crippen LogP contribution in [-0.4, -0.2) is 15.8 Å². The molecule has 0 aliphatic carbocycles. The third-order valence-electron chi connectivity index (χ3n) is 2.61. The first kappa shape index (κ1) is 11.3. The molecule has 0 aliphatic rings.